The molecule has 2 heterocycles. The summed E-state index contributed by atoms with van der Waals surface area (Å²) in [5.41, 5.74) is 3.43. The molecule has 108 valence electrons. The van der Waals surface area contributed by atoms with Crippen LogP contribution in [0.25, 0.3) is 17.0 Å². The van der Waals surface area contributed by atoms with E-state index in [1.807, 2.05) is 32.2 Å². The third kappa shape index (κ3) is 2.21. The highest BCUT2D eigenvalue weighted by molar-refractivity contribution is 8.26. The van der Waals surface area contributed by atoms with Crippen molar-refractivity contribution in [2.75, 3.05) is 6.54 Å². The first-order valence-electron chi connectivity index (χ1n) is 6.84. The van der Waals surface area contributed by atoms with Gasteiger partial charge in [0.25, 0.3) is 5.91 Å². The van der Waals surface area contributed by atoms with Crippen LogP contribution in [0.5, 0.6) is 0 Å². The molecule has 0 atom stereocenters. The van der Waals surface area contributed by atoms with Gasteiger partial charge in [-0.05, 0) is 26.0 Å². The predicted octanol–water partition coefficient (Wildman–Crippen LogP) is 3.71. The van der Waals surface area contributed by atoms with E-state index in [1.54, 1.807) is 4.90 Å². The number of carbonyl (C=O) groups is 1. The third-order valence-corrected chi connectivity index (χ3v) is 5.29. The van der Waals surface area contributed by atoms with Crippen LogP contribution in [0.1, 0.15) is 18.2 Å². The topological polar surface area (TPSA) is 25.2 Å². The molecule has 0 N–H and O–H groups in total. The molecule has 2 aromatic rings. The third-order valence-electron chi connectivity index (χ3n) is 3.91. The monoisotopic (exact) mass is 316 g/mol. The lowest BCUT2D eigenvalue weighted by Crippen LogP contribution is -2.27. The number of carbonyl (C=O) groups excluding carboxylic acids is 1. The van der Waals surface area contributed by atoms with Gasteiger partial charge in [-0.3, -0.25) is 9.69 Å². The summed E-state index contributed by atoms with van der Waals surface area (Å²) in [6.45, 7) is 4.64. The zero-order chi connectivity index (χ0) is 15.1. The Morgan fingerprint density at radius 2 is 2.05 bits per heavy atom. The zero-order valence-corrected chi connectivity index (χ0v) is 13.8. The number of hydrogen-bond acceptors (Lipinski definition) is 3. The second-order valence-electron chi connectivity index (χ2n) is 5.00. The van der Waals surface area contributed by atoms with Crippen molar-refractivity contribution in [2.45, 2.75) is 13.8 Å². The Hall–Kier alpha value is -1.59. The van der Waals surface area contributed by atoms with Crippen LogP contribution in [-0.2, 0) is 11.8 Å². The highest BCUT2D eigenvalue weighted by Crippen LogP contribution is 2.35. The maximum absolute atomic E-state index is 12.3. The fourth-order valence-electron chi connectivity index (χ4n) is 2.64. The first-order valence-corrected chi connectivity index (χ1v) is 8.06. The van der Waals surface area contributed by atoms with Gasteiger partial charge in [0.2, 0.25) is 0 Å². The number of thiocarbonyl (C=S) groups is 1. The standard InChI is InChI=1S/C16H16N2OS2/c1-4-18-15(19)14(21-16(18)20)9-12-10(2)17(3)13-8-6-5-7-11(12)13/h5-9H,4H2,1-3H3/b14-9+. The minimum Gasteiger partial charge on any atom is -0.347 e. The van der Waals surface area contributed by atoms with Gasteiger partial charge < -0.3 is 4.57 Å². The molecule has 0 bridgehead atoms. The van der Waals surface area contributed by atoms with Crippen molar-refractivity contribution in [3.63, 3.8) is 0 Å². The second-order valence-corrected chi connectivity index (χ2v) is 6.68. The molecular weight excluding hydrogens is 300 g/mol. The molecule has 1 aromatic heterocycles. The smallest absolute Gasteiger partial charge is 0.266 e. The summed E-state index contributed by atoms with van der Waals surface area (Å²) in [5, 5.41) is 1.17. The van der Waals surface area contributed by atoms with Gasteiger partial charge in [-0.15, -0.1) is 0 Å². The van der Waals surface area contributed by atoms with Crippen LogP contribution in [-0.4, -0.2) is 26.2 Å². The summed E-state index contributed by atoms with van der Waals surface area (Å²) in [7, 11) is 2.05. The van der Waals surface area contributed by atoms with Crippen molar-refractivity contribution < 1.29 is 4.79 Å². The minimum absolute atomic E-state index is 0.0137. The van der Waals surface area contributed by atoms with Gasteiger partial charge >= 0.3 is 0 Å². The lowest BCUT2D eigenvalue weighted by molar-refractivity contribution is -0.121. The highest BCUT2D eigenvalue weighted by atomic mass is 32.2. The molecule has 0 spiro atoms. The lowest BCUT2D eigenvalue weighted by atomic mass is 10.1. The van der Waals surface area contributed by atoms with E-state index in [2.05, 4.69) is 23.6 Å². The molecule has 1 aromatic carbocycles. The Morgan fingerprint density at radius 1 is 1.33 bits per heavy atom. The van der Waals surface area contributed by atoms with E-state index in [4.69, 9.17) is 12.2 Å². The number of hydrogen-bond donors (Lipinski definition) is 0. The maximum atomic E-state index is 12.3. The van der Waals surface area contributed by atoms with Crippen molar-refractivity contribution >= 4 is 51.2 Å². The fourth-order valence-corrected chi connectivity index (χ4v) is 4.00. The van der Waals surface area contributed by atoms with E-state index in [9.17, 15) is 4.79 Å². The van der Waals surface area contributed by atoms with Crippen LogP contribution in [0.2, 0.25) is 0 Å². The van der Waals surface area contributed by atoms with Crippen molar-refractivity contribution in [3.8, 4) is 0 Å². The molecule has 5 heteroatoms. The van der Waals surface area contributed by atoms with Crippen molar-refractivity contribution in [1.29, 1.82) is 0 Å². The first kappa shape index (κ1) is 14.4. The molecule has 0 aliphatic carbocycles. The number of para-hydroxylation sites is 1. The Bertz CT molecular complexity index is 789. The van der Waals surface area contributed by atoms with E-state index < -0.39 is 0 Å². The summed E-state index contributed by atoms with van der Waals surface area (Å²) >= 11 is 6.65. The van der Waals surface area contributed by atoms with Crippen molar-refractivity contribution in [2.24, 2.45) is 7.05 Å². The Balaban J connectivity index is 2.15. The van der Waals surface area contributed by atoms with Gasteiger partial charge in [-0.2, -0.15) is 0 Å². The summed E-state index contributed by atoms with van der Waals surface area (Å²) in [6, 6.07) is 8.24. The van der Waals surface area contributed by atoms with Gasteiger partial charge in [0.1, 0.15) is 4.32 Å². The summed E-state index contributed by atoms with van der Waals surface area (Å²) in [6.07, 6.45) is 1.98. The quantitative estimate of drug-likeness (QED) is 0.624. The van der Waals surface area contributed by atoms with E-state index in [0.29, 0.717) is 15.8 Å². The van der Waals surface area contributed by atoms with Crippen LogP contribution in [0.15, 0.2) is 29.2 Å². The van der Waals surface area contributed by atoms with Crippen molar-refractivity contribution in [1.82, 2.24) is 9.47 Å². The molecule has 1 aliphatic rings. The fraction of sp³-hybridized carbons (Fsp3) is 0.250. The van der Waals surface area contributed by atoms with Gasteiger partial charge in [-0.1, -0.05) is 42.2 Å². The molecule has 1 saturated heterocycles. The average Bonchev–Trinajstić information content (AvgIpc) is 2.89. The summed E-state index contributed by atoms with van der Waals surface area (Å²) in [5.74, 6) is 0.0137. The molecule has 3 rings (SSSR count). The van der Waals surface area contributed by atoms with Crippen LogP contribution in [0.3, 0.4) is 0 Å². The number of thioether (sulfide) groups is 1. The number of likely N-dealkylation sites (N-methyl/N-ethyl adjacent to an activating group) is 1. The molecule has 21 heavy (non-hydrogen) atoms. The molecule has 0 saturated carbocycles. The van der Waals surface area contributed by atoms with E-state index in [1.165, 1.54) is 22.7 Å². The number of benzene rings is 1. The van der Waals surface area contributed by atoms with Crippen LogP contribution < -0.4 is 0 Å². The number of aromatic nitrogens is 1. The average molecular weight is 316 g/mol. The zero-order valence-electron chi connectivity index (χ0n) is 12.2. The highest BCUT2D eigenvalue weighted by Gasteiger charge is 2.31. The van der Waals surface area contributed by atoms with Gasteiger partial charge in [0.05, 0.1) is 4.91 Å². The van der Waals surface area contributed by atoms with Crippen molar-refractivity contribution in [3.05, 3.63) is 40.4 Å². The van der Waals surface area contributed by atoms with Crippen LogP contribution >= 0.6 is 24.0 Å². The number of nitrogens with zero attached hydrogens (tertiary/aromatic N) is 2. The molecule has 1 fully saturated rings. The lowest BCUT2D eigenvalue weighted by Gasteiger charge is -2.09. The molecule has 1 aliphatic heterocycles. The maximum Gasteiger partial charge on any atom is 0.266 e. The number of amides is 1. The summed E-state index contributed by atoms with van der Waals surface area (Å²) in [4.78, 5) is 14.7. The van der Waals surface area contributed by atoms with Gasteiger partial charge in [0.15, 0.2) is 0 Å². The minimum atomic E-state index is 0.0137. The number of rotatable bonds is 2. The van der Waals surface area contributed by atoms with Gasteiger partial charge in [-0.25, -0.2) is 0 Å². The molecule has 0 radical (unpaired) electrons. The Morgan fingerprint density at radius 3 is 2.71 bits per heavy atom. The SMILES string of the molecule is CCN1C(=O)/C(=C\c2c(C)n(C)c3ccccc23)SC1=S. The first-order chi connectivity index (χ1) is 10.0. The summed E-state index contributed by atoms with van der Waals surface area (Å²) < 4.78 is 2.80. The van der Waals surface area contributed by atoms with E-state index in [-0.39, 0.29) is 5.91 Å². The predicted molar refractivity (Wildman–Crippen MR) is 93.2 cm³/mol. The Labute approximate surface area is 133 Å². The molecule has 1 amide bonds. The number of fused-ring (bicyclic) bond motifs is 1. The van der Waals surface area contributed by atoms with Crippen LogP contribution in [0, 0.1) is 6.92 Å². The van der Waals surface area contributed by atoms with Gasteiger partial charge in [0, 0.05) is 35.8 Å². The molecule has 0 unspecified atom stereocenters. The molecule has 3 nitrogen and oxygen atoms in total. The van der Waals surface area contributed by atoms with Crippen LogP contribution in [0.4, 0.5) is 0 Å². The van der Waals surface area contributed by atoms with E-state index >= 15 is 0 Å². The number of aryl methyl sites for hydroxylation is 1. The van der Waals surface area contributed by atoms with E-state index in [0.717, 1.165) is 11.3 Å². The second kappa shape index (κ2) is 5.31. The largest absolute Gasteiger partial charge is 0.347 e. The Kier molecular flexibility index (Phi) is 3.63. The normalized spacial score (nSPS) is 17.5. The molecular formula is C16H16N2OS2.